The summed E-state index contributed by atoms with van der Waals surface area (Å²) < 4.78 is 22.0. The average molecular weight is 446 g/mol. The molecule has 0 bridgehead atoms. The molecule has 2 aromatic rings. The minimum atomic E-state index is -1.07. The van der Waals surface area contributed by atoms with E-state index in [0.717, 1.165) is 39.6 Å². The maximum atomic E-state index is 13.1. The van der Waals surface area contributed by atoms with Crippen molar-refractivity contribution in [1.29, 1.82) is 0 Å². The summed E-state index contributed by atoms with van der Waals surface area (Å²) in [5.74, 6) is -0.228. The number of aromatic nitrogens is 2. The van der Waals surface area contributed by atoms with E-state index >= 15 is 0 Å². The van der Waals surface area contributed by atoms with E-state index in [1.165, 1.54) is 12.1 Å². The van der Waals surface area contributed by atoms with Crippen molar-refractivity contribution in [1.82, 2.24) is 9.78 Å². The van der Waals surface area contributed by atoms with Gasteiger partial charge >= 0.3 is 0 Å². The van der Waals surface area contributed by atoms with Gasteiger partial charge in [-0.2, -0.15) is 5.10 Å². The number of ether oxygens (including phenoxy) is 1. The van der Waals surface area contributed by atoms with Crippen LogP contribution in [0.2, 0.25) is 25.7 Å². The standard InChI is InChI=1S/C17H24FIN2OSi/c1-5-15-16(19)17(13-6-8-14(18)9-7-13)20-21(15)12-22-10-11-23(2,3)4/h6-9H,5,10-12H2,1-4H3. The molecule has 0 fully saturated rings. The normalized spacial score (nSPS) is 11.9. The average Bonchev–Trinajstić information content (AvgIpc) is 2.79. The third-order valence-corrected chi connectivity index (χ3v) is 6.49. The molecule has 1 aromatic carbocycles. The molecule has 1 aromatic heterocycles. The van der Waals surface area contributed by atoms with Gasteiger partial charge in [0.2, 0.25) is 0 Å². The van der Waals surface area contributed by atoms with Crippen LogP contribution in [0.5, 0.6) is 0 Å². The van der Waals surface area contributed by atoms with Crippen molar-refractivity contribution in [3.63, 3.8) is 0 Å². The molecular weight excluding hydrogens is 422 g/mol. The molecule has 0 amide bonds. The summed E-state index contributed by atoms with van der Waals surface area (Å²) in [6.07, 6.45) is 0.893. The Hall–Kier alpha value is -0.733. The molecule has 6 heteroatoms. The lowest BCUT2D eigenvalue weighted by Crippen LogP contribution is -2.22. The minimum Gasteiger partial charge on any atom is -0.360 e. The summed E-state index contributed by atoms with van der Waals surface area (Å²) in [6, 6.07) is 7.64. The fraction of sp³-hybridized carbons (Fsp3) is 0.471. The molecule has 0 aliphatic rings. The van der Waals surface area contributed by atoms with Gasteiger partial charge in [-0.1, -0.05) is 26.6 Å². The molecule has 1 heterocycles. The molecule has 23 heavy (non-hydrogen) atoms. The predicted molar refractivity (Wildman–Crippen MR) is 104 cm³/mol. The van der Waals surface area contributed by atoms with E-state index in [9.17, 15) is 4.39 Å². The second kappa shape index (κ2) is 7.89. The van der Waals surface area contributed by atoms with Crippen LogP contribution in [0.3, 0.4) is 0 Å². The van der Waals surface area contributed by atoms with Gasteiger partial charge in [0.05, 0.1) is 9.26 Å². The zero-order valence-corrected chi connectivity index (χ0v) is 17.4. The summed E-state index contributed by atoms with van der Waals surface area (Å²) >= 11 is 2.32. The minimum absolute atomic E-state index is 0.228. The van der Waals surface area contributed by atoms with Crippen LogP contribution in [0.4, 0.5) is 4.39 Å². The molecule has 0 aliphatic heterocycles. The van der Waals surface area contributed by atoms with Crippen LogP contribution in [-0.4, -0.2) is 24.5 Å². The number of benzene rings is 1. The van der Waals surface area contributed by atoms with Crippen LogP contribution < -0.4 is 0 Å². The van der Waals surface area contributed by atoms with Crippen molar-refractivity contribution in [2.45, 2.75) is 45.8 Å². The number of hydrogen-bond acceptors (Lipinski definition) is 2. The maximum Gasteiger partial charge on any atom is 0.139 e. The Bertz CT molecular complexity index is 650. The summed E-state index contributed by atoms with van der Waals surface area (Å²) in [5, 5.41) is 4.69. The lowest BCUT2D eigenvalue weighted by Gasteiger charge is -2.15. The van der Waals surface area contributed by atoms with E-state index in [4.69, 9.17) is 4.74 Å². The quantitative estimate of drug-likeness (QED) is 0.334. The van der Waals surface area contributed by atoms with Gasteiger partial charge in [0.25, 0.3) is 0 Å². The molecular formula is C17H24FIN2OSi. The SMILES string of the molecule is CCc1c(I)c(-c2ccc(F)cc2)nn1COCC[Si](C)(C)C. The maximum absolute atomic E-state index is 13.1. The van der Waals surface area contributed by atoms with Gasteiger partial charge in [0.1, 0.15) is 18.2 Å². The summed E-state index contributed by atoms with van der Waals surface area (Å²) in [6.45, 7) is 10.4. The Morgan fingerprint density at radius 3 is 2.43 bits per heavy atom. The molecule has 0 aliphatic carbocycles. The third kappa shape index (κ3) is 5.12. The van der Waals surface area contributed by atoms with E-state index in [1.54, 1.807) is 12.1 Å². The van der Waals surface area contributed by atoms with Gasteiger partial charge in [-0.15, -0.1) is 0 Å². The Morgan fingerprint density at radius 2 is 1.87 bits per heavy atom. The molecule has 0 saturated carbocycles. The van der Waals surface area contributed by atoms with Gasteiger partial charge in [-0.25, -0.2) is 9.07 Å². The third-order valence-electron chi connectivity index (χ3n) is 3.66. The van der Waals surface area contributed by atoms with Crippen LogP contribution >= 0.6 is 22.6 Å². The molecule has 0 saturated heterocycles. The highest BCUT2D eigenvalue weighted by Gasteiger charge is 2.17. The van der Waals surface area contributed by atoms with Gasteiger partial charge < -0.3 is 4.74 Å². The molecule has 0 N–H and O–H groups in total. The van der Waals surface area contributed by atoms with Crippen LogP contribution in [0.15, 0.2) is 24.3 Å². The largest absolute Gasteiger partial charge is 0.360 e. The molecule has 0 atom stereocenters. The number of nitrogens with zero attached hydrogens (tertiary/aromatic N) is 2. The van der Waals surface area contributed by atoms with Gasteiger partial charge in [-0.3, -0.25) is 0 Å². The summed E-state index contributed by atoms with van der Waals surface area (Å²) in [7, 11) is -1.07. The first-order chi connectivity index (χ1) is 10.8. The Kier molecular flexibility index (Phi) is 6.38. The number of hydrogen-bond donors (Lipinski definition) is 0. The molecule has 0 spiro atoms. The van der Waals surface area contributed by atoms with Crippen LogP contribution in [-0.2, 0) is 17.9 Å². The van der Waals surface area contributed by atoms with Crippen molar-refractivity contribution in [3.05, 3.63) is 39.3 Å². The fourth-order valence-electron chi connectivity index (χ4n) is 2.24. The number of halogens is 2. The van der Waals surface area contributed by atoms with E-state index < -0.39 is 8.07 Å². The van der Waals surface area contributed by atoms with Crippen molar-refractivity contribution in [3.8, 4) is 11.3 Å². The van der Waals surface area contributed by atoms with Gasteiger partial charge in [0.15, 0.2) is 0 Å². The summed E-state index contributed by atoms with van der Waals surface area (Å²) in [4.78, 5) is 0. The Balaban J connectivity index is 2.14. The molecule has 2 rings (SSSR count). The number of rotatable bonds is 7. The summed E-state index contributed by atoms with van der Waals surface area (Å²) in [5.41, 5.74) is 3.00. The second-order valence-corrected chi connectivity index (χ2v) is 13.5. The van der Waals surface area contributed by atoms with E-state index in [2.05, 4.69) is 54.3 Å². The smallest absolute Gasteiger partial charge is 0.139 e. The lowest BCUT2D eigenvalue weighted by molar-refractivity contribution is 0.0767. The fourth-order valence-corrected chi connectivity index (χ4v) is 4.08. The predicted octanol–water partition coefficient (Wildman–Crippen LogP) is 5.17. The molecule has 126 valence electrons. The zero-order chi connectivity index (χ0) is 17.0. The lowest BCUT2D eigenvalue weighted by atomic mass is 10.1. The zero-order valence-electron chi connectivity index (χ0n) is 14.2. The van der Waals surface area contributed by atoms with E-state index in [-0.39, 0.29) is 5.82 Å². The highest BCUT2D eigenvalue weighted by Crippen LogP contribution is 2.27. The van der Waals surface area contributed by atoms with Crippen molar-refractivity contribution < 1.29 is 9.13 Å². The Morgan fingerprint density at radius 1 is 1.22 bits per heavy atom. The first kappa shape index (κ1) is 18.6. The Labute approximate surface area is 152 Å². The monoisotopic (exact) mass is 446 g/mol. The second-order valence-electron chi connectivity index (χ2n) is 6.82. The van der Waals surface area contributed by atoms with Crippen molar-refractivity contribution in [2.75, 3.05) is 6.61 Å². The van der Waals surface area contributed by atoms with E-state index in [0.29, 0.717) is 6.73 Å². The van der Waals surface area contributed by atoms with Crippen molar-refractivity contribution in [2.24, 2.45) is 0 Å². The van der Waals surface area contributed by atoms with Crippen molar-refractivity contribution >= 4 is 30.7 Å². The highest BCUT2D eigenvalue weighted by molar-refractivity contribution is 14.1. The first-order valence-corrected chi connectivity index (χ1v) is 12.7. The van der Waals surface area contributed by atoms with Gasteiger partial charge in [0, 0.05) is 20.2 Å². The van der Waals surface area contributed by atoms with Gasteiger partial charge in [-0.05, 0) is 59.3 Å². The van der Waals surface area contributed by atoms with Crippen LogP contribution in [0, 0.1) is 9.39 Å². The van der Waals surface area contributed by atoms with E-state index in [1.807, 2.05) is 4.68 Å². The van der Waals surface area contributed by atoms with Crippen LogP contribution in [0.25, 0.3) is 11.3 Å². The molecule has 3 nitrogen and oxygen atoms in total. The molecule has 0 unspecified atom stereocenters. The highest BCUT2D eigenvalue weighted by atomic mass is 127. The first-order valence-electron chi connectivity index (χ1n) is 7.90. The topological polar surface area (TPSA) is 27.1 Å². The molecule has 0 radical (unpaired) electrons. The van der Waals surface area contributed by atoms with Crippen LogP contribution in [0.1, 0.15) is 12.6 Å².